The van der Waals surface area contributed by atoms with Crippen LogP contribution in [0, 0.1) is 11.3 Å². The van der Waals surface area contributed by atoms with Crippen molar-refractivity contribution in [2.24, 2.45) is 0 Å². The summed E-state index contributed by atoms with van der Waals surface area (Å²) in [6, 6.07) is 17.4. The van der Waals surface area contributed by atoms with Gasteiger partial charge >= 0.3 is 0 Å². The lowest BCUT2D eigenvalue weighted by Gasteiger charge is -2.09. The molecular weight excluding hydrogens is 252 g/mol. The average molecular weight is 268 g/mol. The number of hydrogen-bond acceptors (Lipinski definition) is 4. The van der Waals surface area contributed by atoms with E-state index in [-0.39, 0.29) is 6.61 Å². The van der Waals surface area contributed by atoms with Gasteiger partial charge in [0.2, 0.25) is 0 Å². The van der Waals surface area contributed by atoms with Crippen LogP contribution in [0.3, 0.4) is 0 Å². The highest BCUT2D eigenvalue weighted by Crippen LogP contribution is 2.18. The molecule has 2 aromatic carbocycles. The first-order valence-corrected chi connectivity index (χ1v) is 6.28. The van der Waals surface area contributed by atoms with Gasteiger partial charge in [-0.15, -0.1) is 0 Å². The van der Waals surface area contributed by atoms with Gasteiger partial charge in [-0.05, 0) is 29.8 Å². The van der Waals surface area contributed by atoms with Gasteiger partial charge in [0.05, 0.1) is 7.11 Å². The summed E-state index contributed by atoms with van der Waals surface area (Å²) in [7, 11) is 1.65. The Morgan fingerprint density at radius 2 is 1.90 bits per heavy atom. The summed E-state index contributed by atoms with van der Waals surface area (Å²) in [5, 5.41) is 11.8. The molecule has 0 fully saturated rings. The molecule has 0 saturated heterocycles. The number of anilines is 1. The quantitative estimate of drug-likeness (QED) is 0.874. The molecule has 0 saturated carbocycles. The smallest absolute Gasteiger partial charge is 0.174 e. The zero-order chi connectivity index (χ0) is 14.2. The van der Waals surface area contributed by atoms with Crippen LogP contribution in [0.25, 0.3) is 0 Å². The number of rotatable bonds is 6. The molecule has 0 amide bonds. The molecule has 102 valence electrons. The van der Waals surface area contributed by atoms with Crippen LogP contribution in [-0.4, -0.2) is 13.7 Å². The molecule has 0 radical (unpaired) electrons. The number of hydrogen-bond donors (Lipinski definition) is 1. The zero-order valence-corrected chi connectivity index (χ0v) is 11.3. The third-order valence-electron chi connectivity index (χ3n) is 2.79. The maximum absolute atomic E-state index is 8.44. The molecular formula is C16H16N2O2. The van der Waals surface area contributed by atoms with Crippen molar-refractivity contribution >= 4 is 5.69 Å². The van der Waals surface area contributed by atoms with Gasteiger partial charge in [-0.2, -0.15) is 5.26 Å². The van der Waals surface area contributed by atoms with Crippen molar-refractivity contribution < 1.29 is 9.47 Å². The SMILES string of the molecule is COc1cccc(NCc2ccc(OCC#N)cc2)c1. The van der Waals surface area contributed by atoms with E-state index < -0.39 is 0 Å². The van der Waals surface area contributed by atoms with E-state index in [2.05, 4.69) is 5.32 Å². The Labute approximate surface area is 118 Å². The molecule has 0 spiro atoms. The number of methoxy groups -OCH3 is 1. The fourth-order valence-corrected chi connectivity index (χ4v) is 1.76. The predicted molar refractivity (Wildman–Crippen MR) is 77.9 cm³/mol. The largest absolute Gasteiger partial charge is 0.497 e. The van der Waals surface area contributed by atoms with Crippen LogP contribution >= 0.6 is 0 Å². The molecule has 0 unspecified atom stereocenters. The molecule has 20 heavy (non-hydrogen) atoms. The second kappa shape index (κ2) is 7.05. The number of benzene rings is 2. The Morgan fingerprint density at radius 3 is 2.60 bits per heavy atom. The fraction of sp³-hybridized carbons (Fsp3) is 0.188. The average Bonchev–Trinajstić information content (AvgIpc) is 2.52. The van der Waals surface area contributed by atoms with Crippen LogP contribution in [0.2, 0.25) is 0 Å². The first-order valence-electron chi connectivity index (χ1n) is 6.28. The molecule has 2 aromatic rings. The van der Waals surface area contributed by atoms with Gasteiger partial charge in [-0.25, -0.2) is 0 Å². The Kier molecular flexibility index (Phi) is 4.85. The monoisotopic (exact) mass is 268 g/mol. The third-order valence-corrected chi connectivity index (χ3v) is 2.79. The molecule has 0 aliphatic rings. The Hall–Kier alpha value is -2.67. The Morgan fingerprint density at radius 1 is 1.10 bits per heavy atom. The summed E-state index contributed by atoms with van der Waals surface area (Å²) >= 11 is 0. The molecule has 0 aliphatic heterocycles. The number of nitriles is 1. The van der Waals surface area contributed by atoms with Gasteiger partial charge in [0.25, 0.3) is 0 Å². The van der Waals surface area contributed by atoms with Gasteiger partial charge in [-0.1, -0.05) is 18.2 Å². The molecule has 2 rings (SSSR count). The van der Waals surface area contributed by atoms with E-state index in [1.54, 1.807) is 7.11 Å². The summed E-state index contributed by atoms with van der Waals surface area (Å²) in [6.07, 6.45) is 0. The predicted octanol–water partition coefficient (Wildman–Crippen LogP) is 3.21. The molecule has 0 atom stereocenters. The second-order valence-electron chi connectivity index (χ2n) is 4.18. The summed E-state index contributed by atoms with van der Waals surface area (Å²) < 4.78 is 10.4. The van der Waals surface area contributed by atoms with E-state index in [4.69, 9.17) is 14.7 Å². The standard InChI is InChI=1S/C16H16N2O2/c1-19-16-4-2-3-14(11-16)18-12-13-5-7-15(8-6-13)20-10-9-17/h2-8,11,18H,10,12H2,1H3. The van der Waals surface area contributed by atoms with Gasteiger partial charge in [-0.3, -0.25) is 0 Å². The molecule has 0 bridgehead atoms. The number of nitrogens with one attached hydrogen (secondary N) is 1. The topological polar surface area (TPSA) is 54.3 Å². The lowest BCUT2D eigenvalue weighted by molar-refractivity contribution is 0.368. The van der Waals surface area contributed by atoms with Crippen molar-refractivity contribution in [1.29, 1.82) is 5.26 Å². The number of nitrogens with zero attached hydrogens (tertiary/aromatic N) is 1. The normalized spacial score (nSPS) is 9.60. The highest BCUT2D eigenvalue weighted by molar-refractivity contribution is 5.48. The maximum Gasteiger partial charge on any atom is 0.174 e. The molecule has 0 aromatic heterocycles. The summed E-state index contributed by atoms with van der Waals surface area (Å²) in [4.78, 5) is 0. The van der Waals surface area contributed by atoms with Crippen molar-refractivity contribution in [3.63, 3.8) is 0 Å². The zero-order valence-electron chi connectivity index (χ0n) is 11.3. The fourth-order valence-electron chi connectivity index (χ4n) is 1.76. The minimum absolute atomic E-state index is 0.0708. The summed E-state index contributed by atoms with van der Waals surface area (Å²) in [5.74, 6) is 1.53. The van der Waals surface area contributed by atoms with E-state index in [9.17, 15) is 0 Å². The van der Waals surface area contributed by atoms with Crippen molar-refractivity contribution in [3.05, 3.63) is 54.1 Å². The van der Waals surface area contributed by atoms with E-state index in [0.717, 1.165) is 17.0 Å². The first kappa shape index (κ1) is 13.8. The molecule has 4 heteroatoms. The minimum Gasteiger partial charge on any atom is -0.497 e. The van der Waals surface area contributed by atoms with E-state index in [1.807, 2.05) is 54.6 Å². The van der Waals surface area contributed by atoms with Crippen molar-refractivity contribution in [1.82, 2.24) is 0 Å². The Balaban J connectivity index is 1.91. The van der Waals surface area contributed by atoms with Crippen LogP contribution in [0.1, 0.15) is 5.56 Å². The van der Waals surface area contributed by atoms with Crippen molar-refractivity contribution in [2.45, 2.75) is 6.54 Å². The highest BCUT2D eigenvalue weighted by atomic mass is 16.5. The van der Waals surface area contributed by atoms with E-state index in [1.165, 1.54) is 0 Å². The van der Waals surface area contributed by atoms with Gasteiger partial charge in [0, 0.05) is 18.3 Å². The van der Waals surface area contributed by atoms with Crippen molar-refractivity contribution in [2.75, 3.05) is 19.0 Å². The second-order valence-corrected chi connectivity index (χ2v) is 4.18. The number of ether oxygens (including phenoxy) is 2. The Bertz CT molecular complexity index is 588. The van der Waals surface area contributed by atoms with Crippen LogP contribution in [0.5, 0.6) is 11.5 Å². The van der Waals surface area contributed by atoms with Crippen LogP contribution < -0.4 is 14.8 Å². The van der Waals surface area contributed by atoms with Gasteiger partial charge in [0.1, 0.15) is 17.6 Å². The minimum atomic E-state index is 0.0708. The van der Waals surface area contributed by atoms with E-state index >= 15 is 0 Å². The molecule has 1 N–H and O–H groups in total. The lowest BCUT2D eigenvalue weighted by Crippen LogP contribution is -2.00. The first-order chi connectivity index (χ1) is 9.81. The van der Waals surface area contributed by atoms with Gasteiger partial charge in [0.15, 0.2) is 6.61 Å². The molecule has 0 aliphatic carbocycles. The van der Waals surface area contributed by atoms with E-state index in [0.29, 0.717) is 12.3 Å². The van der Waals surface area contributed by atoms with Crippen LogP contribution in [-0.2, 0) is 6.54 Å². The van der Waals surface area contributed by atoms with Crippen LogP contribution in [0.15, 0.2) is 48.5 Å². The summed E-state index contributed by atoms with van der Waals surface area (Å²) in [6.45, 7) is 0.785. The summed E-state index contributed by atoms with van der Waals surface area (Å²) in [5.41, 5.74) is 2.14. The molecule has 0 heterocycles. The van der Waals surface area contributed by atoms with Crippen molar-refractivity contribution in [3.8, 4) is 17.6 Å². The third kappa shape index (κ3) is 3.92. The van der Waals surface area contributed by atoms with Gasteiger partial charge < -0.3 is 14.8 Å². The maximum atomic E-state index is 8.44. The highest BCUT2D eigenvalue weighted by Gasteiger charge is 1.98. The lowest BCUT2D eigenvalue weighted by atomic mass is 10.2. The molecule has 4 nitrogen and oxygen atoms in total. The van der Waals surface area contributed by atoms with Crippen LogP contribution in [0.4, 0.5) is 5.69 Å².